The van der Waals surface area contributed by atoms with Crippen molar-refractivity contribution in [2.45, 2.75) is 20.8 Å². The van der Waals surface area contributed by atoms with E-state index in [1.807, 2.05) is 100 Å². The van der Waals surface area contributed by atoms with Gasteiger partial charge in [-0.1, -0.05) is 54.6 Å². The smallest absolute Gasteiger partial charge is 0.201 e. The molecule has 3 aromatic carbocycles. The molecule has 0 aliphatic carbocycles. The lowest BCUT2D eigenvalue weighted by atomic mass is 10.1. The molecule has 10 nitrogen and oxygen atoms in total. The van der Waals surface area contributed by atoms with Gasteiger partial charge in [0.25, 0.3) is 0 Å². The van der Waals surface area contributed by atoms with E-state index in [1.54, 1.807) is 0 Å². The summed E-state index contributed by atoms with van der Waals surface area (Å²) in [5.41, 5.74) is 17.9. The minimum absolute atomic E-state index is 0.655. The van der Waals surface area contributed by atoms with Crippen molar-refractivity contribution in [3.05, 3.63) is 143 Å². The van der Waals surface area contributed by atoms with Gasteiger partial charge >= 0.3 is 0 Å². The van der Waals surface area contributed by atoms with E-state index in [0.717, 1.165) is 62.4 Å². The summed E-state index contributed by atoms with van der Waals surface area (Å²) >= 11 is 0. The first kappa shape index (κ1) is 25.7. The molecular formula is C34H30N10. The Morgan fingerprint density at radius 2 is 1.00 bits per heavy atom. The molecule has 4 aliphatic heterocycles. The molecular weight excluding hydrogens is 548 g/mol. The summed E-state index contributed by atoms with van der Waals surface area (Å²) < 4.78 is 1.95. The van der Waals surface area contributed by atoms with Gasteiger partial charge in [-0.3, -0.25) is 20.9 Å². The quantitative estimate of drug-likeness (QED) is 0.298. The topological polar surface area (TPSA) is 79.6 Å². The van der Waals surface area contributed by atoms with Gasteiger partial charge in [0, 0.05) is 22.5 Å². The second kappa shape index (κ2) is 10.1. The molecule has 8 rings (SSSR count). The first-order valence-electron chi connectivity index (χ1n) is 14.5. The number of nitrogens with zero attached hydrogens (tertiary/aromatic N) is 8. The predicted octanol–water partition coefficient (Wildman–Crippen LogP) is 6.07. The summed E-state index contributed by atoms with van der Waals surface area (Å²) in [4.78, 5) is 0. The highest BCUT2D eigenvalue weighted by Crippen LogP contribution is 2.41. The summed E-state index contributed by atoms with van der Waals surface area (Å²) in [6, 6.07) is 30.6. The molecule has 0 saturated carbocycles. The number of aromatic nitrogens is 2. The number of fused-ring (bicyclic) bond motifs is 2. The lowest BCUT2D eigenvalue weighted by Crippen LogP contribution is -2.32. The Kier molecular flexibility index (Phi) is 5.86. The molecule has 0 amide bonds. The maximum Gasteiger partial charge on any atom is 0.201 e. The molecule has 1 aromatic heterocycles. The van der Waals surface area contributed by atoms with Gasteiger partial charge in [-0.25, -0.2) is 14.7 Å². The van der Waals surface area contributed by atoms with E-state index in [2.05, 4.69) is 72.1 Å². The van der Waals surface area contributed by atoms with Crippen molar-refractivity contribution < 1.29 is 0 Å². The van der Waals surface area contributed by atoms with Crippen molar-refractivity contribution in [1.29, 1.82) is 0 Å². The second-order valence-electron chi connectivity index (χ2n) is 10.9. The average Bonchev–Trinajstić information content (AvgIpc) is 3.72. The zero-order valence-corrected chi connectivity index (χ0v) is 24.5. The number of benzene rings is 3. The highest BCUT2D eigenvalue weighted by molar-refractivity contribution is 5.94. The third-order valence-corrected chi connectivity index (χ3v) is 8.05. The number of hydrogen-bond acceptors (Lipinski definition) is 9. The summed E-state index contributed by atoms with van der Waals surface area (Å²) in [6.07, 6.45) is 7.87. The van der Waals surface area contributed by atoms with Crippen molar-refractivity contribution in [3.8, 4) is 5.69 Å². The summed E-state index contributed by atoms with van der Waals surface area (Å²) in [5, 5.41) is 22.8. The predicted molar refractivity (Wildman–Crippen MR) is 176 cm³/mol. The van der Waals surface area contributed by atoms with E-state index in [0.29, 0.717) is 5.82 Å². The minimum Gasteiger partial charge on any atom is -0.297 e. The number of nitrogens with one attached hydrogen (secondary N) is 2. The van der Waals surface area contributed by atoms with Crippen LogP contribution in [-0.2, 0) is 0 Å². The van der Waals surface area contributed by atoms with Crippen LogP contribution in [0.15, 0.2) is 148 Å². The molecule has 216 valence electrons. The molecule has 0 radical (unpaired) electrons. The Morgan fingerprint density at radius 3 is 1.52 bits per heavy atom. The van der Waals surface area contributed by atoms with Crippen LogP contribution >= 0.6 is 0 Å². The van der Waals surface area contributed by atoms with Crippen molar-refractivity contribution in [2.75, 3.05) is 20.0 Å². The SMILES string of the molecule is CC1=C2C=NN(c3nn(-c4ccccc4)c(C)c3N3C=C4C(=C(C)NN4c4ccccc4)C=N3)C=C2N(c2ccccc2)N1. The molecule has 0 spiro atoms. The maximum absolute atomic E-state index is 5.13. The first-order valence-corrected chi connectivity index (χ1v) is 14.5. The molecule has 2 N–H and O–H groups in total. The highest BCUT2D eigenvalue weighted by atomic mass is 15.6. The average molecular weight is 579 g/mol. The molecule has 44 heavy (non-hydrogen) atoms. The zero-order valence-electron chi connectivity index (χ0n) is 24.5. The van der Waals surface area contributed by atoms with Crippen LogP contribution in [0.5, 0.6) is 0 Å². The Bertz CT molecular complexity index is 1950. The van der Waals surface area contributed by atoms with Crippen LogP contribution in [0.4, 0.5) is 22.9 Å². The van der Waals surface area contributed by atoms with E-state index in [1.165, 1.54) is 0 Å². The fraction of sp³-hybridized carbons (Fsp3) is 0.0882. The van der Waals surface area contributed by atoms with Crippen LogP contribution in [-0.4, -0.2) is 22.2 Å². The first-order chi connectivity index (χ1) is 21.6. The Labute approximate surface area is 255 Å². The molecule has 5 heterocycles. The number of para-hydroxylation sites is 3. The van der Waals surface area contributed by atoms with Crippen molar-refractivity contribution in [2.24, 2.45) is 10.2 Å². The third kappa shape index (κ3) is 4.07. The molecule has 0 saturated heterocycles. The van der Waals surface area contributed by atoms with E-state index in [4.69, 9.17) is 15.3 Å². The van der Waals surface area contributed by atoms with E-state index < -0.39 is 0 Å². The summed E-state index contributed by atoms with van der Waals surface area (Å²) in [7, 11) is 0. The zero-order chi connectivity index (χ0) is 29.8. The largest absolute Gasteiger partial charge is 0.297 e. The number of hydrazine groups is 2. The number of allylic oxidation sites excluding steroid dienone is 4. The van der Waals surface area contributed by atoms with Crippen LogP contribution in [0, 0.1) is 6.92 Å². The fourth-order valence-corrected chi connectivity index (χ4v) is 5.84. The van der Waals surface area contributed by atoms with Gasteiger partial charge in [0.1, 0.15) is 5.69 Å². The highest BCUT2D eigenvalue weighted by Gasteiger charge is 2.34. The van der Waals surface area contributed by atoms with E-state index >= 15 is 0 Å². The lowest BCUT2D eigenvalue weighted by Gasteiger charge is -2.28. The van der Waals surface area contributed by atoms with Crippen molar-refractivity contribution in [1.82, 2.24) is 20.6 Å². The van der Waals surface area contributed by atoms with Crippen molar-refractivity contribution in [3.63, 3.8) is 0 Å². The van der Waals surface area contributed by atoms with Crippen LogP contribution in [0.3, 0.4) is 0 Å². The van der Waals surface area contributed by atoms with Gasteiger partial charge < -0.3 is 0 Å². The summed E-state index contributed by atoms with van der Waals surface area (Å²) in [5.74, 6) is 0.655. The third-order valence-electron chi connectivity index (χ3n) is 8.05. The van der Waals surface area contributed by atoms with Crippen LogP contribution < -0.4 is 30.9 Å². The fourth-order valence-electron chi connectivity index (χ4n) is 5.84. The molecule has 0 fully saturated rings. The number of rotatable bonds is 5. The number of anilines is 4. The molecule has 0 atom stereocenters. The van der Waals surface area contributed by atoms with Crippen LogP contribution in [0.2, 0.25) is 0 Å². The maximum atomic E-state index is 5.13. The Hall–Kier alpha value is -6.03. The van der Waals surface area contributed by atoms with Gasteiger partial charge in [-0.2, -0.15) is 10.2 Å². The van der Waals surface area contributed by atoms with Gasteiger partial charge in [0.2, 0.25) is 5.82 Å². The minimum atomic E-state index is 0.655. The second-order valence-corrected chi connectivity index (χ2v) is 10.9. The van der Waals surface area contributed by atoms with Gasteiger partial charge in [0.05, 0.1) is 59.0 Å². The Morgan fingerprint density at radius 1 is 0.545 bits per heavy atom. The van der Waals surface area contributed by atoms with E-state index in [-0.39, 0.29) is 0 Å². The lowest BCUT2D eigenvalue weighted by molar-refractivity contribution is 0.824. The van der Waals surface area contributed by atoms with E-state index in [9.17, 15) is 0 Å². The molecule has 10 heteroatoms. The number of hydrazone groups is 2. The van der Waals surface area contributed by atoms with Crippen LogP contribution in [0.1, 0.15) is 19.5 Å². The molecule has 4 aliphatic rings. The monoisotopic (exact) mass is 578 g/mol. The Balaban J connectivity index is 1.26. The summed E-state index contributed by atoms with van der Waals surface area (Å²) in [6.45, 7) is 6.19. The standard InChI is InChI=1S/C34H30N10/c1-23-29-19-35-40(21-31(29)43(37-23)27-15-9-5-10-16-27)33-25(3)42(26-13-7-4-8-14-26)39-34(33)41-22-32-30(20-36-41)24(2)38-44(32)28-17-11-6-12-18-28/h4-22,37-38H,1-3H3. The van der Waals surface area contributed by atoms with Gasteiger partial charge in [-0.05, 0) is 57.2 Å². The van der Waals surface area contributed by atoms with Crippen molar-refractivity contribution >= 4 is 35.3 Å². The molecule has 0 unspecified atom stereocenters. The molecule has 0 bridgehead atoms. The van der Waals surface area contributed by atoms with Gasteiger partial charge in [-0.15, -0.1) is 5.10 Å². The van der Waals surface area contributed by atoms with Gasteiger partial charge in [0.15, 0.2) is 0 Å². The van der Waals surface area contributed by atoms with Crippen LogP contribution in [0.25, 0.3) is 5.69 Å². The normalized spacial score (nSPS) is 17.1. The number of hydrogen-bond donors (Lipinski definition) is 2. The molecule has 4 aromatic rings.